The van der Waals surface area contributed by atoms with E-state index in [1.54, 1.807) is 4.90 Å². The monoisotopic (exact) mass is 518 g/mol. The van der Waals surface area contributed by atoms with Crippen LogP contribution in [0.15, 0.2) is 73.1 Å². The molecule has 2 rings (SSSR count). The number of rotatable bonds is 14. The molecule has 0 saturated heterocycles. The van der Waals surface area contributed by atoms with Crippen LogP contribution < -0.4 is 10.6 Å². The van der Waals surface area contributed by atoms with Gasteiger partial charge in [0.1, 0.15) is 0 Å². The minimum absolute atomic E-state index is 0.0143. The van der Waals surface area contributed by atoms with Crippen LogP contribution in [0.25, 0.3) is 11.1 Å². The van der Waals surface area contributed by atoms with Crippen molar-refractivity contribution in [2.45, 2.75) is 60.8 Å². The maximum Gasteiger partial charge on any atom is 0.243 e. The van der Waals surface area contributed by atoms with E-state index < -0.39 is 0 Å². The second kappa shape index (κ2) is 14.4. The fourth-order valence-corrected chi connectivity index (χ4v) is 4.14. The van der Waals surface area contributed by atoms with E-state index in [2.05, 4.69) is 47.7 Å². The lowest BCUT2D eigenvalue weighted by atomic mass is 9.91. The van der Waals surface area contributed by atoms with Gasteiger partial charge in [0.25, 0.3) is 0 Å². The fraction of sp³-hybridized carbons (Fsp3) is 0.438. The van der Waals surface area contributed by atoms with Gasteiger partial charge in [-0.1, -0.05) is 72.0 Å². The summed E-state index contributed by atoms with van der Waals surface area (Å²) in [4.78, 5) is 29.2. The third-order valence-corrected chi connectivity index (χ3v) is 5.99. The molecule has 0 aromatic heterocycles. The van der Waals surface area contributed by atoms with Crippen LogP contribution in [0.5, 0.6) is 0 Å². The highest BCUT2D eigenvalue weighted by molar-refractivity contribution is 5.94. The predicted molar refractivity (Wildman–Crippen MR) is 161 cm³/mol. The summed E-state index contributed by atoms with van der Waals surface area (Å²) in [5.41, 5.74) is 5.68. The molecule has 2 aromatic carbocycles. The van der Waals surface area contributed by atoms with Gasteiger partial charge in [-0.25, -0.2) is 0 Å². The molecule has 6 nitrogen and oxygen atoms in total. The Kier molecular flexibility index (Phi) is 11.6. The zero-order valence-corrected chi connectivity index (χ0v) is 24.2. The highest BCUT2D eigenvalue weighted by Gasteiger charge is 2.22. The number of hydrogen-bond acceptors (Lipinski definition) is 4. The SMILES string of the molecule is C=C(CN(CCC)C(=C)C)Nc1ccc(-c2ccc(NC(=O)CN(CCC)C(=O)CC(C)(C)C)cc2)cc1. The second-order valence-electron chi connectivity index (χ2n) is 11.1. The van der Waals surface area contributed by atoms with E-state index in [1.807, 2.05) is 71.0 Å². The van der Waals surface area contributed by atoms with Crippen molar-refractivity contribution in [3.05, 3.63) is 73.1 Å². The minimum atomic E-state index is -0.187. The molecular formula is C32H46N4O2. The van der Waals surface area contributed by atoms with Gasteiger partial charge in [-0.2, -0.15) is 0 Å². The molecule has 0 fully saturated rings. The average molecular weight is 519 g/mol. The molecule has 0 aliphatic heterocycles. The molecule has 0 heterocycles. The first-order valence-electron chi connectivity index (χ1n) is 13.5. The highest BCUT2D eigenvalue weighted by atomic mass is 16.2. The summed E-state index contributed by atoms with van der Waals surface area (Å²) in [5.74, 6) is -0.172. The van der Waals surface area contributed by atoms with Crippen molar-refractivity contribution in [3.8, 4) is 11.1 Å². The first kappa shape index (κ1) is 30.7. The Morgan fingerprint density at radius 1 is 0.763 bits per heavy atom. The van der Waals surface area contributed by atoms with Gasteiger partial charge in [0, 0.05) is 42.3 Å². The van der Waals surface area contributed by atoms with E-state index in [0.717, 1.165) is 54.1 Å². The maximum absolute atomic E-state index is 12.7. The quantitative estimate of drug-likeness (QED) is 0.279. The molecule has 0 saturated carbocycles. The Bertz CT molecular complexity index is 1080. The van der Waals surface area contributed by atoms with Gasteiger partial charge in [-0.3, -0.25) is 9.59 Å². The van der Waals surface area contributed by atoms with Crippen molar-refractivity contribution in [2.24, 2.45) is 5.41 Å². The topological polar surface area (TPSA) is 64.7 Å². The molecule has 0 spiro atoms. The Labute approximate surface area is 229 Å². The normalized spacial score (nSPS) is 11.0. The van der Waals surface area contributed by atoms with Crippen LogP contribution in [0.3, 0.4) is 0 Å². The van der Waals surface area contributed by atoms with Gasteiger partial charge in [0.2, 0.25) is 11.8 Å². The van der Waals surface area contributed by atoms with Crippen molar-refractivity contribution in [3.63, 3.8) is 0 Å². The van der Waals surface area contributed by atoms with Crippen molar-refractivity contribution in [1.82, 2.24) is 9.80 Å². The number of nitrogens with zero attached hydrogens (tertiary/aromatic N) is 2. The Morgan fingerprint density at radius 3 is 1.68 bits per heavy atom. The Morgan fingerprint density at radius 2 is 1.24 bits per heavy atom. The smallest absolute Gasteiger partial charge is 0.243 e. The molecule has 206 valence electrons. The molecular weight excluding hydrogens is 472 g/mol. The number of carbonyl (C=O) groups is 2. The van der Waals surface area contributed by atoms with E-state index in [-0.39, 0.29) is 23.8 Å². The van der Waals surface area contributed by atoms with Crippen LogP contribution in [0.4, 0.5) is 11.4 Å². The number of hydrogen-bond donors (Lipinski definition) is 2. The van der Waals surface area contributed by atoms with Crippen LogP contribution in [0.2, 0.25) is 0 Å². The van der Waals surface area contributed by atoms with Crippen molar-refractivity contribution < 1.29 is 9.59 Å². The van der Waals surface area contributed by atoms with Crippen LogP contribution in [-0.4, -0.2) is 47.8 Å². The lowest BCUT2D eigenvalue weighted by Crippen LogP contribution is -2.39. The number of benzene rings is 2. The molecule has 0 aliphatic rings. The first-order chi connectivity index (χ1) is 17.9. The summed E-state index contributed by atoms with van der Waals surface area (Å²) in [6, 6.07) is 16.0. The van der Waals surface area contributed by atoms with Crippen LogP contribution in [0.1, 0.15) is 60.8 Å². The van der Waals surface area contributed by atoms with Gasteiger partial charge in [0.05, 0.1) is 13.1 Å². The zero-order valence-electron chi connectivity index (χ0n) is 24.2. The average Bonchev–Trinajstić information content (AvgIpc) is 2.83. The highest BCUT2D eigenvalue weighted by Crippen LogP contribution is 2.24. The summed E-state index contributed by atoms with van der Waals surface area (Å²) in [6.45, 7) is 22.8. The van der Waals surface area contributed by atoms with Crippen LogP contribution in [-0.2, 0) is 9.59 Å². The van der Waals surface area contributed by atoms with Crippen molar-refractivity contribution >= 4 is 23.2 Å². The number of anilines is 2. The van der Waals surface area contributed by atoms with Crippen LogP contribution >= 0.6 is 0 Å². The standard InChI is InChI=1S/C32H46N4O2/c1-9-19-35(24(3)4)22-25(5)33-28-15-11-26(12-16-28)27-13-17-29(18-14-27)34-30(37)23-36(20-10-2)31(38)21-32(6,7)8/h11-18,33H,3,5,9-10,19-23H2,1-2,4,6-8H3,(H,34,37). The molecule has 38 heavy (non-hydrogen) atoms. The van der Waals surface area contributed by atoms with Gasteiger partial charge >= 0.3 is 0 Å². The molecule has 0 aliphatic carbocycles. The summed E-state index contributed by atoms with van der Waals surface area (Å²) in [7, 11) is 0. The van der Waals surface area contributed by atoms with Gasteiger partial charge in [-0.15, -0.1) is 0 Å². The summed E-state index contributed by atoms with van der Waals surface area (Å²) in [5, 5.41) is 6.31. The lowest BCUT2D eigenvalue weighted by molar-refractivity contribution is -0.136. The molecule has 0 unspecified atom stereocenters. The van der Waals surface area contributed by atoms with E-state index >= 15 is 0 Å². The van der Waals surface area contributed by atoms with E-state index in [0.29, 0.717) is 18.7 Å². The summed E-state index contributed by atoms with van der Waals surface area (Å²) in [6.07, 6.45) is 2.29. The molecule has 0 atom stereocenters. The number of allylic oxidation sites excluding steroid dienone is 1. The lowest BCUT2D eigenvalue weighted by Gasteiger charge is -2.26. The van der Waals surface area contributed by atoms with E-state index in [9.17, 15) is 9.59 Å². The van der Waals surface area contributed by atoms with E-state index in [1.165, 1.54) is 0 Å². The third-order valence-electron chi connectivity index (χ3n) is 5.99. The molecule has 2 aromatic rings. The fourth-order valence-electron chi connectivity index (χ4n) is 4.14. The molecule has 0 radical (unpaired) electrons. The van der Waals surface area contributed by atoms with Gasteiger partial charge in [0.15, 0.2) is 0 Å². The van der Waals surface area contributed by atoms with E-state index in [4.69, 9.17) is 0 Å². The summed E-state index contributed by atoms with van der Waals surface area (Å²) >= 11 is 0. The largest absolute Gasteiger partial charge is 0.370 e. The molecule has 6 heteroatoms. The third kappa shape index (κ3) is 10.4. The van der Waals surface area contributed by atoms with Crippen LogP contribution in [0, 0.1) is 5.41 Å². The zero-order chi connectivity index (χ0) is 28.3. The first-order valence-corrected chi connectivity index (χ1v) is 13.5. The van der Waals surface area contributed by atoms with Crippen molar-refractivity contribution in [2.75, 3.05) is 36.8 Å². The molecule has 2 amide bonds. The maximum atomic E-state index is 12.7. The van der Waals surface area contributed by atoms with Crippen molar-refractivity contribution in [1.29, 1.82) is 0 Å². The second-order valence-corrected chi connectivity index (χ2v) is 11.1. The van der Waals surface area contributed by atoms with Gasteiger partial charge in [-0.05, 0) is 60.6 Å². The minimum Gasteiger partial charge on any atom is -0.370 e. The van der Waals surface area contributed by atoms with Gasteiger partial charge < -0.3 is 20.4 Å². The Balaban J connectivity index is 1.95. The number of carbonyl (C=O) groups excluding carboxylic acids is 2. The molecule has 2 N–H and O–H groups in total. The number of amides is 2. The Hall–Kier alpha value is -3.54. The molecule has 0 bridgehead atoms. The number of nitrogens with one attached hydrogen (secondary N) is 2. The summed E-state index contributed by atoms with van der Waals surface area (Å²) < 4.78 is 0. The predicted octanol–water partition coefficient (Wildman–Crippen LogP) is 7.14.